The average molecular weight is 396 g/mol. The Balaban J connectivity index is 1.96. The van der Waals surface area contributed by atoms with Gasteiger partial charge < -0.3 is 4.90 Å². The number of rotatable bonds is 6. The van der Waals surface area contributed by atoms with Crippen molar-refractivity contribution in [3.05, 3.63) is 65.0 Å². The van der Waals surface area contributed by atoms with Gasteiger partial charge in [0.05, 0.1) is 16.2 Å². The van der Waals surface area contributed by atoms with Gasteiger partial charge in [0, 0.05) is 18.3 Å². The molecule has 3 aromatic rings. The molecule has 28 heavy (non-hydrogen) atoms. The molecule has 0 aliphatic carbocycles. The van der Waals surface area contributed by atoms with E-state index in [4.69, 9.17) is 4.98 Å². The van der Waals surface area contributed by atoms with E-state index in [1.807, 2.05) is 76.2 Å². The average Bonchev–Trinajstić information content (AvgIpc) is 2.69. The van der Waals surface area contributed by atoms with E-state index < -0.39 is 0 Å². The number of thioether (sulfide) groups is 1. The number of para-hydroxylation sites is 2. The maximum Gasteiger partial charge on any atom is 0.262 e. The second-order valence-corrected chi connectivity index (χ2v) is 8.17. The lowest BCUT2D eigenvalue weighted by molar-refractivity contribution is -0.117. The molecule has 0 bridgehead atoms. The molecule has 6 heteroatoms. The van der Waals surface area contributed by atoms with Crippen molar-refractivity contribution in [3.63, 3.8) is 0 Å². The third-order valence-corrected chi connectivity index (χ3v) is 5.63. The molecular formula is C22H25N3O2S. The fraction of sp³-hybridized carbons (Fsp3) is 0.318. The number of hydrogen-bond acceptors (Lipinski definition) is 4. The zero-order valence-electron chi connectivity index (χ0n) is 16.6. The number of carbonyl (C=O) groups excluding carboxylic acids is 1. The highest BCUT2D eigenvalue weighted by atomic mass is 32.2. The van der Waals surface area contributed by atoms with Crippen molar-refractivity contribution in [1.29, 1.82) is 0 Å². The van der Waals surface area contributed by atoms with E-state index in [9.17, 15) is 9.59 Å². The van der Waals surface area contributed by atoms with Crippen LogP contribution in [0.5, 0.6) is 0 Å². The van der Waals surface area contributed by atoms with Crippen LogP contribution in [0, 0.1) is 0 Å². The number of carbonyl (C=O) groups is 1. The smallest absolute Gasteiger partial charge is 0.262 e. The highest BCUT2D eigenvalue weighted by Gasteiger charge is 2.24. The highest BCUT2D eigenvalue weighted by molar-refractivity contribution is 8.00. The maximum atomic E-state index is 13.1. The van der Waals surface area contributed by atoms with Gasteiger partial charge in [-0.15, -0.1) is 0 Å². The summed E-state index contributed by atoms with van der Waals surface area (Å²) in [5.41, 5.74) is 1.45. The molecule has 0 saturated heterocycles. The van der Waals surface area contributed by atoms with Crippen LogP contribution >= 0.6 is 11.8 Å². The Bertz CT molecular complexity index is 1030. The van der Waals surface area contributed by atoms with E-state index in [1.165, 1.54) is 11.8 Å². The van der Waals surface area contributed by atoms with Crippen molar-refractivity contribution in [2.75, 3.05) is 11.4 Å². The van der Waals surface area contributed by atoms with E-state index in [1.54, 1.807) is 15.5 Å². The van der Waals surface area contributed by atoms with Crippen LogP contribution < -0.4 is 10.5 Å². The molecule has 1 amide bonds. The van der Waals surface area contributed by atoms with E-state index in [0.717, 1.165) is 5.69 Å². The maximum absolute atomic E-state index is 13.1. The minimum Gasteiger partial charge on any atom is -0.312 e. The van der Waals surface area contributed by atoms with Crippen LogP contribution in [0.3, 0.4) is 0 Å². The SMILES string of the molecule is CCN(C(=O)[C@@H](C)Sc1nc2ccccc2c(=O)n1C(C)C)c1ccccc1. The van der Waals surface area contributed by atoms with Crippen molar-refractivity contribution in [3.8, 4) is 0 Å². The summed E-state index contributed by atoms with van der Waals surface area (Å²) in [5.74, 6) is -0.00332. The summed E-state index contributed by atoms with van der Waals surface area (Å²) in [6, 6.07) is 16.9. The first kappa shape index (κ1) is 20.1. The Hall–Kier alpha value is -2.60. The number of amides is 1. The third kappa shape index (κ3) is 3.97. The van der Waals surface area contributed by atoms with Crippen LogP contribution in [0.1, 0.15) is 33.7 Å². The molecule has 0 N–H and O–H groups in total. The lowest BCUT2D eigenvalue weighted by Crippen LogP contribution is -2.37. The topological polar surface area (TPSA) is 55.2 Å². The van der Waals surface area contributed by atoms with Gasteiger partial charge in [-0.3, -0.25) is 14.2 Å². The largest absolute Gasteiger partial charge is 0.312 e. The molecule has 1 atom stereocenters. The van der Waals surface area contributed by atoms with Gasteiger partial charge in [-0.05, 0) is 52.0 Å². The van der Waals surface area contributed by atoms with Crippen LogP contribution in [0.4, 0.5) is 5.69 Å². The summed E-state index contributed by atoms with van der Waals surface area (Å²) in [7, 11) is 0. The fourth-order valence-electron chi connectivity index (χ4n) is 3.17. The number of hydrogen-bond donors (Lipinski definition) is 0. The van der Waals surface area contributed by atoms with Crippen molar-refractivity contribution in [2.24, 2.45) is 0 Å². The van der Waals surface area contributed by atoms with Gasteiger partial charge in [-0.1, -0.05) is 42.1 Å². The molecule has 146 valence electrons. The lowest BCUT2D eigenvalue weighted by Gasteiger charge is -2.25. The second kappa shape index (κ2) is 8.61. The Kier molecular flexibility index (Phi) is 6.19. The molecule has 0 radical (unpaired) electrons. The minimum atomic E-state index is -0.377. The summed E-state index contributed by atoms with van der Waals surface area (Å²) in [6.07, 6.45) is 0. The van der Waals surface area contributed by atoms with Crippen LogP contribution in [-0.2, 0) is 4.79 Å². The molecule has 1 aromatic heterocycles. The van der Waals surface area contributed by atoms with Gasteiger partial charge >= 0.3 is 0 Å². The molecule has 0 unspecified atom stereocenters. The summed E-state index contributed by atoms with van der Waals surface area (Å²) in [5, 5.41) is 0.792. The Morgan fingerprint density at radius 3 is 2.36 bits per heavy atom. The molecule has 5 nitrogen and oxygen atoms in total. The first-order valence-electron chi connectivity index (χ1n) is 9.48. The summed E-state index contributed by atoms with van der Waals surface area (Å²) in [4.78, 5) is 32.5. The zero-order chi connectivity index (χ0) is 20.3. The van der Waals surface area contributed by atoms with Gasteiger partial charge in [-0.2, -0.15) is 0 Å². The van der Waals surface area contributed by atoms with Crippen LogP contribution in [0.2, 0.25) is 0 Å². The normalized spacial score (nSPS) is 12.3. The zero-order valence-corrected chi connectivity index (χ0v) is 17.4. The quantitative estimate of drug-likeness (QED) is 0.455. The predicted octanol–water partition coefficient (Wildman–Crippen LogP) is 4.51. The molecule has 2 aromatic carbocycles. The first-order valence-corrected chi connectivity index (χ1v) is 10.4. The standard InChI is InChI=1S/C22H25N3O2S/c1-5-24(17-11-7-6-8-12-17)20(26)16(4)28-22-23-19-14-10-9-13-18(19)21(27)25(22)15(2)3/h6-16H,5H2,1-4H3/t16-/m1/s1. The van der Waals surface area contributed by atoms with E-state index in [0.29, 0.717) is 22.6 Å². The second-order valence-electron chi connectivity index (χ2n) is 6.86. The molecule has 0 spiro atoms. The van der Waals surface area contributed by atoms with Crippen LogP contribution in [-0.4, -0.2) is 27.3 Å². The van der Waals surface area contributed by atoms with Gasteiger partial charge in [0.1, 0.15) is 0 Å². The van der Waals surface area contributed by atoms with Crippen molar-refractivity contribution >= 4 is 34.3 Å². The monoisotopic (exact) mass is 395 g/mol. The number of aromatic nitrogens is 2. The summed E-state index contributed by atoms with van der Waals surface area (Å²) >= 11 is 1.33. The van der Waals surface area contributed by atoms with E-state index >= 15 is 0 Å². The number of nitrogens with zero attached hydrogens (tertiary/aromatic N) is 3. The molecule has 0 aliphatic rings. The summed E-state index contributed by atoms with van der Waals surface area (Å²) in [6.45, 7) is 8.31. The van der Waals surface area contributed by atoms with Crippen LogP contribution in [0.25, 0.3) is 10.9 Å². The Morgan fingerprint density at radius 1 is 1.07 bits per heavy atom. The van der Waals surface area contributed by atoms with Crippen molar-refractivity contribution < 1.29 is 4.79 Å². The first-order chi connectivity index (χ1) is 13.4. The van der Waals surface area contributed by atoms with E-state index in [-0.39, 0.29) is 22.8 Å². The van der Waals surface area contributed by atoms with Gasteiger partial charge in [0.15, 0.2) is 5.16 Å². The predicted molar refractivity (Wildman–Crippen MR) is 116 cm³/mol. The lowest BCUT2D eigenvalue weighted by atomic mass is 10.2. The molecule has 3 rings (SSSR count). The molecule has 0 fully saturated rings. The van der Waals surface area contributed by atoms with Crippen molar-refractivity contribution in [2.45, 2.75) is 44.1 Å². The fourth-order valence-corrected chi connectivity index (χ4v) is 4.27. The van der Waals surface area contributed by atoms with E-state index in [2.05, 4.69) is 0 Å². The van der Waals surface area contributed by atoms with Gasteiger partial charge in [-0.25, -0.2) is 4.98 Å². The molecule has 0 saturated carbocycles. The Morgan fingerprint density at radius 2 is 1.71 bits per heavy atom. The molecule has 1 heterocycles. The highest BCUT2D eigenvalue weighted by Crippen LogP contribution is 2.27. The third-order valence-electron chi connectivity index (χ3n) is 4.57. The number of benzene rings is 2. The van der Waals surface area contributed by atoms with Crippen molar-refractivity contribution in [1.82, 2.24) is 9.55 Å². The minimum absolute atomic E-state index is 0.00332. The van der Waals surface area contributed by atoms with Gasteiger partial charge in [0.25, 0.3) is 5.56 Å². The number of fused-ring (bicyclic) bond motifs is 1. The molecule has 0 aliphatic heterocycles. The number of anilines is 1. The summed E-state index contributed by atoms with van der Waals surface area (Å²) < 4.78 is 1.68. The van der Waals surface area contributed by atoms with Crippen LogP contribution in [0.15, 0.2) is 64.5 Å². The molecular weight excluding hydrogens is 370 g/mol. The Labute approximate surface area is 169 Å². The van der Waals surface area contributed by atoms with Gasteiger partial charge in [0.2, 0.25) is 5.91 Å².